The fraction of sp³-hybridized carbons (Fsp3) is 0.389. The van der Waals surface area contributed by atoms with E-state index in [-0.39, 0.29) is 25.1 Å². The molecule has 1 aromatic carbocycles. The molecule has 0 N–H and O–H groups in total. The van der Waals surface area contributed by atoms with Gasteiger partial charge < -0.3 is 4.74 Å². The molecule has 1 aliphatic rings. The molecule has 1 aliphatic heterocycles. The van der Waals surface area contributed by atoms with Gasteiger partial charge >= 0.3 is 12.4 Å². The molecule has 4 nitrogen and oxygen atoms in total. The molecule has 0 radical (unpaired) electrons. The van der Waals surface area contributed by atoms with Gasteiger partial charge in [0.2, 0.25) is 0 Å². The molecule has 2 atom stereocenters. The minimum absolute atomic E-state index is 0.00798. The van der Waals surface area contributed by atoms with Crippen molar-refractivity contribution in [2.75, 3.05) is 6.61 Å². The second-order valence-corrected chi connectivity index (χ2v) is 8.75. The molecule has 2 unspecified atom stereocenters. The molecule has 1 aromatic heterocycles. The number of pyridine rings is 1. The van der Waals surface area contributed by atoms with E-state index in [0.717, 1.165) is 30.3 Å². The Labute approximate surface area is 162 Å². The number of ether oxygens (including phenoxy) is 1. The van der Waals surface area contributed by atoms with Crippen molar-refractivity contribution in [2.45, 2.75) is 41.4 Å². The molecule has 158 valence electrons. The van der Waals surface area contributed by atoms with E-state index in [1.807, 2.05) is 0 Å². The van der Waals surface area contributed by atoms with E-state index in [9.17, 15) is 34.8 Å². The lowest BCUT2D eigenvalue weighted by Crippen LogP contribution is -2.31. The van der Waals surface area contributed by atoms with E-state index in [1.165, 1.54) is 6.07 Å². The average Bonchev–Trinajstić information content (AvgIpc) is 2.67. The van der Waals surface area contributed by atoms with Crippen molar-refractivity contribution in [3.8, 4) is 0 Å². The van der Waals surface area contributed by atoms with Gasteiger partial charge in [0.1, 0.15) is 11.8 Å². The highest BCUT2D eigenvalue weighted by Crippen LogP contribution is 2.36. The van der Waals surface area contributed by atoms with Crippen LogP contribution in [0.4, 0.5) is 26.3 Å². The second-order valence-electron chi connectivity index (χ2n) is 6.52. The minimum Gasteiger partial charge on any atom is -0.372 e. The molecule has 2 heterocycles. The molecule has 0 bridgehead atoms. The van der Waals surface area contributed by atoms with Crippen molar-refractivity contribution < 1.29 is 39.5 Å². The molecule has 29 heavy (non-hydrogen) atoms. The lowest BCUT2D eigenvalue weighted by atomic mass is 10.0. The molecule has 1 saturated heterocycles. The maximum Gasteiger partial charge on any atom is 0.433 e. The van der Waals surface area contributed by atoms with E-state index in [0.29, 0.717) is 6.07 Å². The topological polar surface area (TPSA) is 56.3 Å². The van der Waals surface area contributed by atoms with Crippen LogP contribution in [-0.2, 0) is 26.9 Å². The Morgan fingerprint density at radius 1 is 0.966 bits per heavy atom. The lowest BCUT2D eigenvalue weighted by molar-refractivity contribution is -0.141. The van der Waals surface area contributed by atoms with Crippen LogP contribution in [0.3, 0.4) is 0 Å². The first-order valence-electron chi connectivity index (χ1n) is 8.46. The first-order chi connectivity index (χ1) is 13.4. The zero-order chi connectivity index (χ0) is 21.4. The third kappa shape index (κ3) is 4.72. The Balaban J connectivity index is 1.87. The smallest absolute Gasteiger partial charge is 0.372 e. The summed E-state index contributed by atoms with van der Waals surface area (Å²) >= 11 is 0. The van der Waals surface area contributed by atoms with Crippen LogP contribution in [0.15, 0.2) is 47.4 Å². The number of hydrogen-bond acceptors (Lipinski definition) is 4. The molecule has 3 rings (SSSR count). The van der Waals surface area contributed by atoms with Crippen LogP contribution in [0.25, 0.3) is 0 Å². The van der Waals surface area contributed by atoms with Gasteiger partial charge in [0.25, 0.3) is 0 Å². The van der Waals surface area contributed by atoms with Gasteiger partial charge in [-0.05, 0) is 43.2 Å². The summed E-state index contributed by atoms with van der Waals surface area (Å²) in [5, 5.41) is -1.11. The van der Waals surface area contributed by atoms with Crippen LogP contribution in [0.5, 0.6) is 0 Å². The van der Waals surface area contributed by atoms with Crippen molar-refractivity contribution in [1.82, 2.24) is 4.98 Å². The van der Waals surface area contributed by atoms with E-state index in [2.05, 4.69) is 4.98 Å². The van der Waals surface area contributed by atoms with Gasteiger partial charge in [-0.15, -0.1) is 0 Å². The van der Waals surface area contributed by atoms with Gasteiger partial charge in [-0.1, -0.05) is 12.1 Å². The summed E-state index contributed by atoms with van der Waals surface area (Å²) in [6, 6.07) is 6.60. The Kier molecular flexibility index (Phi) is 5.65. The molecule has 1 fully saturated rings. The predicted octanol–water partition coefficient (Wildman–Crippen LogP) is 4.81. The summed E-state index contributed by atoms with van der Waals surface area (Å²) in [6.07, 6.45) is -10.6. The number of aromatic nitrogens is 1. The standard InChI is InChI=1S/C18H15F6NO3S/c19-17(20,21)11-3-1-4-12(9-11)29(26,27)13-7-8-28-15(10-13)14-5-2-6-16(25-14)18(22,23)24/h1-6,9,13,15H,7-8,10H2. The van der Waals surface area contributed by atoms with Crippen molar-refractivity contribution in [1.29, 1.82) is 0 Å². The second kappa shape index (κ2) is 7.60. The van der Waals surface area contributed by atoms with Gasteiger partial charge in [0.05, 0.1) is 21.4 Å². The number of alkyl halides is 6. The highest BCUT2D eigenvalue weighted by atomic mass is 32.2. The molecular weight excluding hydrogens is 424 g/mol. The van der Waals surface area contributed by atoms with Crippen molar-refractivity contribution in [3.05, 3.63) is 59.4 Å². The molecular formula is C18H15F6NO3S. The maximum atomic E-state index is 12.9. The molecule has 0 saturated carbocycles. The average molecular weight is 439 g/mol. The first-order valence-corrected chi connectivity index (χ1v) is 10.0. The number of benzene rings is 1. The summed E-state index contributed by atoms with van der Waals surface area (Å²) in [5.74, 6) is 0. The molecule has 11 heteroatoms. The van der Waals surface area contributed by atoms with E-state index in [4.69, 9.17) is 4.74 Å². The van der Waals surface area contributed by atoms with Gasteiger partial charge in [-0.3, -0.25) is 0 Å². The highest BCUT2D eigenvalue weighted by Gasteiger charge is 2.38. The highest BCUT2D eigenvalue weighted by molar-refractivity contribution is 7.92. The molecule has 2 aromatic rings. The first kappa shape index (κ1) is 21.6. The SMILES string of the molecule is O=S(=O)(c1cccc(C(F)(F)F)c1)C1CCOC(c2cccc(C(F)(F)F)n2)C1. The third-order valence-electron chi connectivity index (χ3n) is 4.56. The van der Waals surface area contributed by atoms with Gasteiger partial charge in [0.15, 0.2) is 9.84 Å². The molecule has 0 aliphatic carbocycles. The largest absolute Gasteiger partial charge is 0.433 e. The third-order valence-corrected chi connectivity index (χ3v) is 6.77. The van der Waals surface area contributed by atoms with Crippen molar-refractivity contribution in [3.63, 3.8) is 0 Å². The van der Waals surface area contributed by atoms with E-state index in [1.54, 1.807) is 0 Å². The van der Waals surface area contributed by atoms with Crippen LogP contribution in [0.2, 0.25) is 0 Å². The predicted molar refractivity (Wildman–Crippen MR) is 89.6 cm³/mol. The zero-order valence-electron chi connectivity index (χ0n) is 14.7. The fourth-order valence-electron chi connectivity index (χ4n) is 3.08. The summed E-state index contributed by atoms with van der Waals surface area (Å²) in [7, 11) is -4.15. The summed E-state index contributed by atoms with van der Waals surface area (Å²) < 4.78 is 108. The minimum atomic E-state index is -4.70. The monoisotopic (exact) mass is 439 g/mol. The number of sulfone groups is 1. The number of halogens is 6. The number of hydrogen-bond donors (Lipinski definition) is 0. The normalized spacial score (nSPS) is 21.2. The fourth-order valence-corrected chi connectivity index (χ4v) is 4.86. The van der Waals surface area contributed by atoms with Crippen LogP contribution in [0.1, 0.15) is 35.9 Å². The van der Waals surface area contributed by atoms with Gasteiger partial charge in [-0.25, -0.2) is 13.4 Å². The Morgan fingerprint density at radius 3 is 2.31 bits per heavy atom. The van der Waals surface area contributed by atoms with Gasteiger partial charge in [-0.2, -0.15) is 26.3 Å². The lowest BCUT2D eigenvalue weighted by Gasteiger charge is -2.29. The Morgan fingerprint density at radius 2 is 1.66 bits per heavy atom. The van der Waals surface area contributed by atoms with Crippen LogP contribution in [0, 0.1) is 0 Å². The number of nitrogens with zero attached hydrogens (tertiary/aromatic N) is 1. The maximum absolute atomic E-state index is 12.9. The summed E-state index contributed by atoms with van der Waals surface area (Å²) in [5.41, 5.74) is -2.31. The molecule has 0 amide bonds. The number of rotatable bonds is 3. The van der Waals surface area contributed by atoms with Crippen molar-refractivity contribution in [2.24, 2.45) is 0 Å². The van der Waals surface area contributed by atoms with E-state index >= 15 is 0 Å². The summed E-state index contributed by atoms with van der Waals surface area (Å²) in [6.45, 7) is -0.0779. The molecule has 0 spiro atoms. The van der Waals surface area contributed by atoms with Crippen LogP contribution >= 0.6 is 0 Å². The van der Waals surface area contributed by atoms with Crippen LogP contribution in [-0.4, -0.2) is 25.3 Å². The zero-order valence-corrected chi connectivity index (χ0v) is 15.5. The van der Waals surface area contributed by atoms with E-state index < -0.39 is 49.7 Å². The van der Waals surface area contributed by atoms with Crippen molar-refractivity contribution >= 4 is 9.84 Å². The quantitative estimate of drug-likeness (QED) is 0.644. The Bertz CT molecular complexity index is 988. The van der Waals surface area contributed by atoms with Gasteiger partial charge in [0, 0.05) is 6.61 Å². The summed E-state index contributed by atoms with van der Waals surface area (Å²) in [4.78, 5) is 3.02. The van der Waals surface area contributed by atoms with Crippen LogP contribution < -0.4 is 0 Å². The Hall–Kier alpha value is -2.14.